The van der Waals surface area contributed by atoms with E-state index < -0.39 is 24.3 Å². The minimum absolute atomic E-state index is 0.0388. The van der Waals surface area contributed by atoms with Crippen molar-refractivity contribution in [2.45, 2.75) is 51.6 Å². The lowest BCUT2D eigenvalue weighted by Gasteiger charge is -2.37. The maximum atomic E-state index is 13.9. The standard InChI is InChI=1S/C20H25BrF2N4O2/c1-4-26-9-14(8-20(22,23)11-26)24-17(28)10-27-19(29)15-6-5-13(21)7-16(15)18(25-27)12(2)3/h5-7,12,14H,4,8-11H2,1-3H3,(H,24,28)/t14-/m1/s1. The van der Waals surface area contributed by atoms with Gasteiger partial charge in [-0.05, 0) is 30.7 Å². The van der Waals surface area contributed by atoms with Crippen molar-refractivity contribution >= 4 is 32.6 Å². The molecule has 2 aromatic rings. The summed E-state index contributed by atoms with van der Waals surface area (Å²) in [5, 5.41) is 8.26. The lowest BCUT2D eigenvalue weighted by atomic mass is 10.0. The Morgan fingerprint density at radius 2 is 2.10 bits per heavy atom. The fourth-order valence-electron chi connectivity index (χ4n) is 3.76. The van der Waals surface area contributed by atoms with Gasteiger partial charge in [0.1, 0.15) is 6.54 Å². The van der Waals surface area contributed by atoms with Crippen molar-refractivity contribution in [3.05, 3.63) is 38.7 Å². The molecular weight excluding hydrogens is 446 g/mol. The third-order valence-electron chi connectivity index (χ3n) is 5.08. The van der Waals surface area contributed by atoms with E-state index in [1.165, 1.54) is 0 Å². The van der Waals surface area contributed by atoms with E-state index in [9.17, 15) is 18.4 Å². The highest BCUT2D eigenvalue weighted by Gasteiger charge is 2.40. The molecule has 0 radical (unpaired) electrons. The van der Waals surface area contributed by atoms with Crippen LogP contribution in [0.5, 0.6) is 0 Å². The first-order valence-corrected chi connectivity index (χ1v) is 10.5. The summed E-state index contributed by atoms with van der Waals surface area (Å²) in [6.45, 7) is 5.98. The Kier molecular flexibility index (Phi) is 6.38. The average Bonchev–Trinajstić information content (AvgIpc) is 2.62. The number of carbonyl (C=O) groups excluding carboxylic acids is 1. The van der Waals surface area contributed by atoms with E-state index in [1.54, 1.807) is 17.0 Å². The number of piperidine rings is 1. The number of fused-ring (bicyclic) bond motifs is 1. The Morgan fingerprint density at radius 1 is 1.38 bits per heavy atom. The normalized spacial score (nSPS) is 19.6. The minimum atomic E-state index is -2.84. The second kappa shape index (κ2) is 8.47. The van der Waals surface area contributed by atoms with Crippen LogP contribution in [0.4, 0.5) is 8.78 Å². The van der Waals surface area contributed by atoms with Crippen molar-refractivity contribution in [1.82, 2.24) is 20.0 Å². The molecule has 0 aliphatic carbocycles. The number of halogens is 3. The maximum Gasteiger partial charge on any atom is 0.275 e. The second-order valence-corrected chi connectivity index (χ2v) is 8.76. The molecule has 1 amide bonds. The van der Waals surface area contributed by atoms with Gasteiger partial charge in [0, 0.05) is 28.9 Å². The summed E-state index contributed by atoms with van der Waals surface area (Å²) in [6.07, 6.45) is -0.402. The molecule has 9 heteroatoms. The van der Waals surface area contributed by atoms with Crippen LogP contribution < -0.4 is 10.9 Å². The molecule has 29 heavy (non-hydrogen) atoms. The lowest BCUT2D eigenvalue weighted by Crippen LogP contribution is -2.55. The molecule has 0 saturated carbocycles. The molecular formula is C20H25BrF2N4O2. The summed E-state index contributed by atoms with van der Waals surface area (Å²) in [5.74, 6) is -3.30. The fraction of sp³-hybridized carbons (Fsp3) is 0.550. The molecule has 1 aromatic carbocycles. The summed E-state index contributed by atoms with van der Waals surface area (Å²) in [6, 6.07) is 4.64. The van der Waals surface area contributed by atoms with Crippen molar-refractivity contribution in [3.8, 4) is 0 Å². The molecule has 1 aliphatic rings. The third kappa shape index (κ3) is 5.01. The van der Waals surface area contributed by atoms with Gasteiger partial charge >= 0.3 is 0 Å². The number of nitrogens with one attached hydrogen (secondary N) is 1. The van der Waals surface area contributed by atoms with E-state index in [0.717, 1.165) is 14.5 Å². The zero-order valence-electron chi connectivity index (χ0n) is 16.7. The first-order valence-electron chi connectivity index (χ1n) is 9.69. The smallest absolute Gasteiger partial charge is 0.275 e. The molecule has 0 bridgehead atoms. The topological polar surface area (TPSA) is 67.2 Å². The van der Waals surface area contributed by atoms with Crippen LogP contribution >= 0.6 is 15.9 Å². The van der Waals surface area contributed by atoms with E-state index >= 15 is 0 Å². The van der Waals surface area contributed by atoms with Gasteiger partial charge in [-0.25, -0.2) is 13.5 Å². The van der Waals surface area contributed by atoms with Gasteiger partial charge in [0.15, 0.2) is 0 Å². The van der Waals surface area contributed by atoms with E-state index in [0.29, 0.717) is 24.2 Å². The van der Waals surface area contributed by atoms with E-state index in [4.69, 9.17) is 0 Å². The van der Waals surface area contributed by atoms with Gasteiger partial charge in [0.05, 0.1) is 17.6 Å². The molecule has 2 heterocycles. The Balaban J connectivity index is 1.84. The van der Waals surface area contributed by atoms with Gasteiger partial charge < -0.3 is 5.32 Å². The van der Waals surface area contributed by atoms with Gasteiger partial charge in [-0.15, -0.1) is 0 Å². The summed E-state index contributed by atoms with van der Waals surface area (Å²) < 4.78 is 29.8. The van der Waals surface area contributed by atoms with E-state index in [1.807, 2.05) is 26.8 Å². The van der Waals surface area contributed by atoms with Crippen LogP contribution in [-0.4, -0.2) is 52.2 Å². The van der Waals surface area contributed by atoms with Gasteiger partial charge in [-0.2, -0.15) is 5.10 Å². The lowest BCUT2D eigenvalue weighted by molar-refractivity contribution is -0.125. The van der Waals surface area contributed by atoms with Crippen LogP contribution in [0.25, 0.3) is 10.8 Å². The number of hydrogen-bond donors (Lipinski definition) is 1. The molecule has 6 nitrogen and oxygen atoms in total. The highest BCUT2D eigenvalue weighted by Crippen LogP contribution is 2.27. The van der Waals surface area contributed by atoms with Crippen molar-refractivity contribution in [1.29, 1.82) is 0 Å². The first-order chi connectivity index (χ1) is 13.6. The number of carbonyl (C=O) groups is 1. The van der Waals surface area contributed by atoms with Crippen LogP contribution in [0.2, 0.25) is 0 Å². The highest BCUT2D eigenvalue weighted by atomic mass is 79.9. The summed E-state index contributed by atoms with van der Waals surface area (Å²) in [4.78, 5) is 27.0. The van der Waals surface area contributed by atoms with Crippen molar-refractivity contribution in [2.24, 2.45) is 0 Å². The molecule has 1 atom stereocenters. The third-order valence-corrected chi connectivity index (χ3v) is 5.58. The van der Waals surface area contributed by atoms with Gasteiger partial charge in [0.2, 0.25) is 5.91 Å². The molecule has 1 aliphatic heterocycles. The molecule has 0 unspecified atom stereocenters. The predicted octanol–water partition coefficient (Wildman–Crippen LogP) is 3.13. The molecule has 1 N–H and O–H groups in total. The molecule has 0 spiro atoms. The van der Waals surface area contributed by atoms with Crippen LogP contribution in [0.1, 0.15) is 38.8 Å². The number of rotatable bonds is 5. The Hall–Kier alpha value is -1.87. The zero-order chi connectivity index (χ0) is 21.3. The number of likely N-dealkylation sites (tertiary alicyclic amines) is 1. The van der Waals surface area contributed by atoms with Crippen molar-refractivity contribution in [2.75, 3.05) is 19.6 Å². The first kappa shape index (κ1) is 21.8. The van der Waals surface area contributed by atoms with Crippen molar-refractivity contribution < 1.29 is 13.6 Å². The van der Waals surface area contributed by atoms with Crippen LogP contribution in [0, 0.1) is 0 Å². The Labute approximate surface area is 176 Å². The number of likely N-dealkylation sites (N-methyl/N-ethyl adjacent to an activating group) is 1. The van der Waals surface area contributed by atoms with E-state index in [-0.39, 0.29) is 24.6 Å². The largest absolute Gasteiger partial charge is 0.350 e. The molecule has 1 saturated heterocycles. The SMILES string of the molecule is CCN1C[C@H](NC(=O)Cn2nc(C(C)C)c3cc(Br)ccc3c2=O)CC(F)(F)C1. The molecule has 3 rings (SSSR count). The van der Waals surface area contributed by atoms with Crippen LogP contribution in [-0.2, 0) is 11.3 Å². The number of amides is 1. The number of alkyl halides is 2. The number of benzene rings is 1. The van der Waals surface area contributed by atoms with Crippen LogP contribution in [0.3, 0.4) is 0 Å². The molecule has 1 aromatic heterocycles. The second-order valence-electron chi connectivity index (χ2n) is 7.84. The average molecular weight is 471 g/mol. The Bertz CT molecular complexity index is 977. The highest BCUT2D eigenvalue weighted by molar-refractivity contribution is 9.10. The number of aromatic nitrogens is 2. The zero-order valence-corrected chi connectivity index (χ0v) is 18.3. The van der Waals surface area contributed by atoms with Gasteiger partial charge in [-0.1, -0.05) is 36.7 Å². The number of nitrogens with zero attached hydrogens (tertiary/aromatic N) is 3. The van der Waals surface area contributed by atoms with Crippen LogP contribution in [0.15, 0.2) is 27.5 Å². The fourth-order valence-corrected chi connectivity index (χ4v) is 4.12. The predicted molar refractivity (Wildman–Crippen MR) is 111 cm³/mol. The number of hydrogen-bond acceptors (Lipinski definition) is 4. The molecule has 1 fully saturated rings. The summed E-state index contributed by atoms with van der Waals surface area (Å²) in [5.41, 5.74) is 0.325. The Morgan fingerprint density at radius 3 is 2.76 bits per heavy atom. The minimum Gasteiger partial charge on any atom is -0.350 e. The summed E-state index contributed by atoms with van der Waals surface area (Å²) in [7, 11) is 0. The molecule has 158 valence electrons. The quantitative estimate of drug-likeness (QED) is 0.728. The van der Waals surface area contributed by atoms with E-state index in [2.05, 4.69) is 26.3 Å². The van der Waals surface area contributed by atoms with Crippen molar-refractivity contribution in [3.63, 3.8) is 0 Å². The monoisotopic (exact) mass is 470 g/mol. The van der Waals surface area contributed by atoms with Gasteiger partial charge in [-0.3, -0.25) is 14.5 Å². The summed E-state index contributed by atoms with van der Waals surface area (Å²) >= 11 is 3.41. The maximum absolute atomic E-state index is 13.9. The van der Waals surface area contributed by atoms with Gasteiger partial charge in [0.25, 0.3) is 11.5 Å².